The number of hydrogen-bond acceptors (Lipinski definition) is 4. The summed E-state index contributed by atoms with van der Waals surface area (Å²) < 4.78 is 1.92. The predicted molar refractivity (Wildman–Crippen MR) is 58.3 cm³/mol. The Morgan fingerprint density at radius 1 is 1.40 bits per heavy atom. The maximum Gasteiger partial charge on any atom is 0.165 e. The quantitative estimate of drug-likeness (QED) is 0.747. The fraction of sp³-hybridized carbons (Fsp3) is 0.300. The summed E-state index contributed by atoms with van der Waals surface area (Å²) in [5.41, 5.74) is 7.61. The van der Waals surface area contributed by atoms with Crippen molar-refractivity contribution >= 4 is 5.82 Å². The van der Waals surface area contributed by atoms with Crippen LogP contribution in [0.3, 0.4) is 0 Å². The summed E-state index contributed by atoms with van der Waals surface area (Å²) in [6.07, 6.45) is 5.29. The van der Waals surface area contributed by atoms with Crippen LogP contribution < -0.4 is 5.73 Å². The Hall–Kier alpha value is -1.91. The van der Waals surface area contributed by atoms with Crippen LogP contribution in [0.4, 0.5) is 5.82 Å². The Kier molecular flexibility index (Phi) is 2.37. The minimum absolute atomic E-state index is 0.427. The summed E-state index contributed by atoms with van der Waals surface area (Å²) in [7, 11) is 0. The highest BCUT2D eigenvalue weighted by molar-refractivity contribution is 5.64. The summed E-state index contributed by atoms with van der Waals surface area (Å²) in [6, 6.07) is 0. The Balaban J connectivity index is 2.41. The maximum absolute atomic E-state index is 5.68. The summed E-state index contributed by atoms with van der Waals surface area (Å²) >= 11 is 0. The average Bonchev–Trinajstić information content (AvgIpc) is 2.66. The number of imidazole rings is 1. The molecule has 2 aliphatic rings. The Morgan fingerprint density at radius 2 is 2.20 bits per heavy atom. The van der Waals surface area contributed by atoms with E-state index in [1.807, 2.05) is 4.57 Å². The van der Waals surface area contributed by atoms with Crippen LogP contribution in [0.15, 0.2) is 24.3 Å². The van der Waals surface area contributed by atoms with Crippen molar-refractivity contribution in [3.8, 4) is 11.5 Å². The molecule has 5 heteroatoms. The topological polar surface area (TPSA) is 69.6 Å². The second-order valence-corrected chi connectivity index (χ2v) is 3.61. The van der Waals surface area contributed by atoms with Gasteiger partial charge < -0.3 is 10.3 Å². The molecule has 0 radical (unpaired) electrons. The van der Waals surface area contributed by atoms with Gasteiger partial charge in [-0.2, -0.15) is 0 Å². The van der Waals surface area contributed by atoms with Crippen molar-refractivity contribution in [3.05, 3.63) is 24.3 Å². The second-order valence-electron chi connectivity index (χ2n) is 3.61. The van der Waals surface area contributed by atoms with E-state index in [2.05, 4.69) is 34.9 Å². The van der Waals surface area contributed by atoms with Crippen molar-refractivity contribution in [2.75, 3.05) is 5.73 Å². The third-order valence-electron chi connectivity index (χ3n) is 2.13. The highest BCUT2D eigenvalue weighted by atomic mass is 15.1. The molecule has 0 bridgehead atoms. The first-order valence-corrected chi connectivity index (χ1v) is 4.73. The van der Waals surface area contributed by atoms with Crippen LogP contribution >= 0.6 is 0 Å². The van der Waals surface area contributed by atoms with Gasteiger partial charge in [-0.25, -0.2) is 15.0 Å². The lowest BCUT2D eigenvalue weighted by molar-refractivity contribution is 0.777. The SMILES string of the molecule is CC(C)=CCn1cnc(N)c2ncnc1-2. The number of aromatic nitrogens is 4. The molecule has 78 valence electrons. The monoisotopic (exact) mass is 203 g/mol. The number of allylic oxidation sites excluding steroid dienone is 2. The van der Waals surface area contributed by atoms with Crippen LogP contribution in [0.25, 0.3) is 11.5 Å². The Labute approximate surface area is 88.0 Å². The van der Waals surface area contributed by atoms with Gasteiger partial charge in [-0.15, -0.1) is 0 Å². The predicted octanol–water partition coefficient (Wildman–Crippen LogP) is 1.33. The third-order valence-corrected chi connectivity index (χ3v) is 2.13. The molecular weight excluding hydrogens is 190 g/mol. The summed E-state index contributed by atoms with van der Waals surface area (Å²) in [5.74, 6) is 1.20. The smallest absolute Gasteiger partial charge is 0.165 e. The van der Waals surface area contributed by atoms with E-state index in [4.69, 9.17) is 5.73 Å². The molecule has 0 aromatic heterocycles. The number of anilines is 1. The van der Waals surface area contributed by atoms with Crippen molar-refractivity contribution in [2.45, 2.75) is 20.4 Å². The first-order chi connectivity index (χ1) is 7.18. The number of nitrogens with zero attached hydrogens (tertiary/aromatic N) is 4. The fourth-order valence-corrected chi connectivity index (χ4v) is 1.31. The van der Waals surface area contributed by atoms with Gasteiger partial charge in [0.1, 0.15) is 12.0 Å². The molecule has 0 aromatic rings. The van der Waals surface area contributed by atoms with Crippen LogP contribution in [0.1, 0.15) is 13.8 Å². The molecule has 0 aliphatic carbocycles. The van der Waals surface area contributed by atoms with E-state index in [0.29, 0.717) is 11.5 Å². The van der Waals surface area contributed by atoms with Crippen LogP contribution in [-0.4, -0.2) is 19.5 Å². The van der Waals surface area contributed by atoms with E-state index in [1.54, 1.807) is 6.33 Å². The second kappa shape index (κ2) is 3.68. The number of nitrogen functional groups attached to an aromatic ring is 1. The molecule has 2 rings (SSSR count). The normalized spacial score (nSPS) is 10.5. The Bertz CT molecular complexity index is 467. The molecule has 0 saturated heterocycles. The number of nitrogens with two attached hydrogens (primary N) is 1. The number of hydrogen-bond donors (Lipinski definition) is 1. The van der Waals surface area contributed by atoms with E-state index in [0.717, 1.165) is 12.4 Å². The molecule has 5 nitrogen and oxygen atoms in total. The summed E-state index contributed by atoms with van der Waals surface area (Å²) in [6.45, 7) is 4.85. The first-order valence-electron chi connectivity index (χ1n) is 4.73. The van der Waals surface area contributed by atoms with E-state index in [9.17, 15) is 0 Å². The zero-order valence-electron chi connectivity index (χ0n) is 8.81. The summed E-state index contributed by atoms with van der Waals surface area (Å²) in [4.78, 5) is 12.3. The molecule has 2 heterocycles. The molecule has 0 atom stereocenters. The van der Waals surface area contributed by atoms with Crippen molar-refractivity contribution in [3.63, 3.8) is 0 Å². The average molecular weight is 203 g/mol. The molecule has 15 heavy (non-hydrogen) atoms. The number of rotatable bonds is 2. The van der Waals surface area contributed by atoms with Crippen LogP contribution in [0.5, 0.6) is 0 Å². The highest BCUT2D eigenvalue weighted by Crippen LogP contribution is 2.21. The van der Waals surface area contributed by atoms with E-state index >= 15 is 0 Å². The van der Waals surface area contributed by atoms with Crippen molar-refractivity contribution in [1.82, 2.24) is 19.5 Å². The fourth-order valence-electron chi connectivity index (χ4n) is 1.31. The van der Waals surface area contributed by atoms with Gasteiger partial charge in [0.05, 0.1) is 6.33 Å². The highest BCUT2D eigenvalue weighted by Gasteiger charge is 2.13. The van der Waals surface area contributed by atoms with Crippen molar-refractivity contribution in [1.29, 1.82) is 0 Å². The van der Waals surface area contributed by atoms with E-state index in [-0.39, 0.29) is 0 Å². The van der Waals surface area contributed by atoms with Gasteiger partial charge in [0.25, 0.3) is 0 Å². The van der Waals surface area contributed by atoms with Crippen LogP contribution in [-0.2, 0) is 6.54 Å². The first kappa shape index (κ1) is 9.64. The minimum atomic E-state index is 0.427. The molecule has 2 N–H and O–H groups in total. The molecule has 0 unspecified atom stereocenters. The standard InChI is InChI=1S/C10H13N5/c1-7(2)3-4-15-6-14-9(11)8-10(15)13-5-12-8/h3,5-6H,4,11H2,1-2H3. The van der Waals surface area contributed by atoms with Crippen molar-refractivity contribution in [2.24, 2.45) is 0 Å². The third kappa shape index (κ3) is 1.81. The van der Waals surface area contributed by atoms with Gasteiger partial charge >= 0.3 is 0 Å². The van der Waals surface area contributed by atoms with E-state index in [1.165, 1.54) is 11.9 Å². The lowest BCUT2D eigenvalue weighted by Crippen LogP contribution is -2.07. The van der Waals surface area contributed by atoms with E-state index < -0.39 is 0 Å². The molecule has 0 aromatic carbocycles. The van der Waals surface area contributed by atoms with Gasteiger partial charge in [0.2, 0.25) is 0 Å². The molecule has 0 amide bonds. The van der Waals surface area contributed by atoms with Crippen LogP contribution in [0.2, 0.25) is 0 Å². The lowest BCUT2D eigenvalue weighted by atomic mass is 10.3. The molecular formula is C10H13N5. The minimum Gasteiger partial charge on any atom is -0.382 e. The summed E-state index contributed by atoms with van der Waals surface area (Å²) in [5, 5.41) is 0. The number of fused-ring (bicyclic) bond motifs is 1. The molecule has 0 saturated carbocycles. The zero-order chi connectivity index (χ0) is 10.8. The lowest BCUT2D eigenvalue weighted by Gasteiger charge is -2.08. The van der Waals surface area contributed by atoms with Gasteiger partial charge in [-0.05, 0) is 13.8 Å². The Morgan fingerprint density at radius 3 is 2.93 bits per heavy atom. The largest absolute Gasteiger partial charge is 0.382 e. The van der Waals surface area contributed by atoms with Gasteiger partial charge in [-0.1, -0.05) is 11.6 Å². The molecule has 0 fully saturated rings. The van der Waals surface area contributed by atoms with Gasteiger partial charge in [-0.3, -0.25) is 0 Å². The zero-order valence-corrected chi connectivity index (χ0v) is 8.81. The maximum atomic E-state index is 5.68. The van der Waals surface area contributed by atoms with Crippen LogP contribution in [0, 0.1) is 0 Å². The molecule has 2 aliphatic heterocycles. The van der Waals surface area contributed by atoms with Gasteiger partial charge in [0, 0.05) is 6.54 Å². The van der Waals surface area contributed by atoms with Gasteiger partial charge in [0.15, 0.2) is 11.6 Å². The molecule has 0 spiro atoms. The van der Waals surface area contributed by atoms with Crippen molar-refractivity contribution < 1.29 is 0 Å².